The van der Waals surface area contributed by atoms with Gasteiger partial charge in [0.15, 0.2) is 0 Å². The van der Waals surface area contributed by atoms with Crippen molar-refractivity contribution >= 4 is 6.09 Å². The van der Waals surface area contributed by atoms with Crippen molar-refractivity contribution in [2.75, 3.05) is 19.6 Å². The molecular formula is C17H30N4O3. The van der Waals surface area contributed by atoms with Gasteiger partial charge in [-0.1, -0.05) is 0 Å². The van der Waals surface area contributed by atoms with E-state index in [0.29, 0.717) is 25.7 Å². The topological polar surface area (TPSA) is 79.6 Å². The van der Waals surface area contributed by atoms with Crippen LogP contribution in [0.25, 0.3) is 0 Å². The smallest absolute Gasteiger partial charge is 0.410 e. The van der Waals surface area contributed by atoms with E-state index in [2.05, 4.69) is 17.3 Å². The van der Waals surface area contributed by atoms with Gasteiger partial charge in [0.2, 0.25) is 0 Å². The van der Waals surface area contributed by atoms with Gasteiger partial charge in [0.05, 0.1) is 12.6 Å². The Morgan fingerprint density at radius 1 is 1.46 bits per heavy atom. The fraction of sp³-hybridized carbons (Fsp3) is 0.765. The summed E-state index contributed by atoms with van der Waals surface area (Å²) in [6, 6.07) is 2.23. The highest BCUT2D eigenvalue weighted by atomic mass is 16.6. The lowest BCUT2D eigenvalue weighted by molar-refractivity contribution is 0.0270. The molecule has 1 amide bonds. The van der Waals surface area contributed by atoms with E-state index in [1.165, 1.54) is 0 Å². The first kappa shape index (κ1) is 18.7. The number of nitrogens with zero attached hydrogens (tertiary/aromatic N) is 3. The van der Waals surface area contributed by atoms with Crippen LogP contribution in [-0.2, 0) is 11.3 Å². The SMILES string of the molecule is CC(CCn1cccn1)NCC1CN(C(=O)OC(C)(C)C)CC1O. The maximum Gasteiger partial charge on any atom is 0.410 e. The van der Waals surface area contributed by atoms with Crippen LogP contribution in [0.15, 0.2) is 18.5 Å². The highest BCUT2D eigenvalue weighted by molar-refractivity contribution is 5.68. The minimum Gasteiger partial charge on any atom is -0.444 e. The zero-order valence-corrected chi connectivity index (χ0v) is 15.1. The van der Waals surface area contributed by atoms with Gasteiger partial charge in [0.25, 0.3) is 0 Å². The molecule has 7 heteroatoms. The maximum absolute atomic E-state index is 12.1. The molecule has 0 bridgehead atoms. The van der Waals surface area contributed by atoms with Gasteiger partial charge in [0, 0.05) is 44.0 Å². The third kappa shape index (κ3) is 5.79. The van der Waals surface area contributed by atoms with Gasteiger partial charge in [-0.25, -0.2) is 4.79 Å². The number of amides is 1. The van der Waals surface area contributed by atoms with E-state index in [0.717, 1.165) is 13.0 Å². The highest BCUT2D eigenvalue weighted by Crippen LogP contribution is 2.19. The normalized spacial score (nSPS) is 22.6. The monoisotopic (exact) mass is 338 g/mol. The second-order valence-electron chi connectivity index (χ2n) is 7.58. The summed E-state index contributed by atoms with van der Waals surface area (Å²) in [5, 5.41) is 17.8. The number of likely N-dealkylation sites (tertiary alicyclic amines) is 1. The van der Waals surface area contributed by atoms with Crippen LogP contribution in [0.5, 0.6) is 0 Å². The molecule has 1 fully saturated rings. The molecule has 1 aliphatic rings. The predicted octanol–water partition coefficient (Wildman–Crippen LogP) is 1.48. The molecule has 1 saturated heterocycles. The zero-order valence-electron chi connectivity index (χ0n) is 15.1. The van der Waals surface area contributed by atoms with E-state index in [4.69, 9.17) is 4.74 Å². The van der Waals surface area contributed by atoms with Crippen molar-refractivity contribution in [2.45, 2.75) is 58.4 Å². The summed E-state index contributed by atoms with van der Waals surface area (Å²) in [4.78, 5) is 13.7. The molecule has 0 saturated carbocycles. The first-order valence-corrected chi connectivity index (χ1v) is 8.61. The lowest BCUT2D eigenvalue weighted by Gasteiger charge is -2.24. The quantitative estimate of drug-likeness (QED) is 0.821. The van der Waals surface area contributed by atoms with Crippen LogP contribution in [0.2, 0.25) is 0 Å². The van der Waals surface area contributed by atoms with E-state index >= 15 is 0 Å². The van der Waals surface area contributed by atoms with Crippen molar-refractivity contribution in [1.29, 1.82) is 0 Å². The third-order valence-electron chi connectivity index (χ3n) is 4.14. The largest absolute Gasteiger partial charge is 0.444 e. The van der Waals surface area contributed by atoms with Crippen molar-refractivity contribution in [1.82, 2.24) is 20.0 Å². The summed E-state index contributed by atoms with van der Waals surface area (Å²) in [6.45, 7) is 10.1. The second kappa shape index (κ2) is 7.98. The van der Waals surface area contributed by atoms with E-state index < -0.39 is 11.7 Å². The van der Waals surface area contributed by atoms with Crippen LogP contribution >= 0.6 is 0 Å². The molecule has 2 heterocycles. The molecule has 136 valence electrons. The highest BCUT2D eigenvalue weighted by Gasteiger charge is 2.35. The Bertz CT molecular complexity index is 512. The molecule has 0 spiro atoms. The van der Waals surface area contributed by atoms with E-state index in [9.17, 15) is 9.90 Å². The van der Waals surface area contributed by atoms with Gasteiger partial charge in [-0.2, -0.15) is 5.10 Å². The van der Waals surface area contributed by atoms with Crippen LogP contribution in [0.1, 0.15) is 34.1 Å². The molecule has 3 unspecified atom stereocenters. The van der Waals surface area contributed by atoms with Gasteiger partial charge in [-0.3, -0.25) is 4.68 Å². The number of rotatable bonds is 6. The standard InChI is InChI=1S/C17H30N4O3/c1-13(6-9-21-8-5-7-19-21)18-10-14-11-20(12-15(14)22)16(23)24-17(2,3)4/h5,7-8,13-15,18,22H,6,9-12H2,1-4H3. The van der Waals surface area contributed by atoms with Gasteiger partial charge >= 0.3 is 6.09 Å². The molecule has 1 aromatic rings. The molecule has 0 radical (unpaired) electrons. The Hall–Kier alpha value is -1.60. The van der Waals surface area contributed by atoms with E-state index in [1.54, 1.807) is 11.1 Å². The summed E-state index contributed by atoms with van der Waals surface area (Å²) in [7, 11) is 0. The number of ether oxygens (including phenoxy) is 1. The molecule has 2 rings (SSSR count). The van der Waals surface area contributed by atoms with Crippen LogP contribution in [0.3, 0.4) is 0 Å². The summed E-state index contributed by atoms with van der Waals surface area (Å²) >= 11 is 0. The molecule has 0 aromatic carbocycles. The van der Waals surface area contributed by atoms with Crippen LogP contribution in [0, 0.1) is 5.92 Å². The number of aryl methyl sites for hydroxylation is 1. The average molecular weight is 338 g/mol. The molecule has 2 N–H and O–H groups in total. The molecule has 3 atom stereocenters. The van der Waals surface area contributed by atoms with Crippen molar-refractivity contribution in [3.8, 4) is 0 Å². The maximum atomic E-state index is 12.1. The van der Waals surface area contributed by atoms with Crippen LogP contribution in [-0.4, -0.2) is 63.3 Å². The lowest BCUT2D eigenvalue weighted by atomic mass is 10.1. The molecule has 7 nitrogen and oxygen atoms in total. The molecular weight excluding hydrogens is 308 g/mol. The molecule has 0 aliphatic carbocycles. The third-order valence-corrected chi connectivity index (χ3v) is 4.14. The van der Waals surface area contributed by atoms with E-state index in [1.807, 2.05) is 37.7 Å². The minimum atomic E-state index is -0.514. The number of β-amino-alcohol motifs (C(OH)–C–C–N with tert-alkyl or cyclic N) is 1. The first-order chi connectivity index (χ1) is 11.2. The van der Waals surface area contributed by atoms with Gasteiger partial charge in [-0.15, -0.1) is 0 Å². The van der Waals surface area contributed by atoms with Crippen molar-refractivity contribution in [3.63, 3.8) is 0 Å². The molecule has 1 aromatic heterocycles. The molecule has 24 heavy (non-hydrogen) atoms. The van der Waals surface area contributed by atoms with Crippen LogP contribution < -0.4 is 5.32 Å². The van der Waals surface area contributed by atoms with Gasteiger partial charge in [0.1, 0.15) is 5.60 Å². The number of aliphatic hydroxyl groups excluding tert-OH is 1. The van der Waals surface area contributed by atoms with Crippen molar-refractivity contribution in [2.24, 2.45) is 5.92 Å². The number of hydrogen-bond acceptors (Lipinski definition) is 5. The summed E-state index contributed by atoms with van der Waals surface area (Å²) in [5.41, 5.74) is -0.514. The Morgan fingerprint density at radius 3 is 2.83 bits per heavy atom. The Labute approximate surface area is 144 Å². The minimum absolute atomic E-state index is 0.0321. The average Bonchev–Trinajstić information content (AvgIpc) is 3.10. The first-order valence-electron chi connectivity index (χ1n) is 8.61. The van der Waals surface area contributed by atoms with E-state index in [-0.39, 0.29) is 12.0 Å². The Balaban J connectivity index is 1.71. The molecule has 1 aliphatic heterocycles. The zero-order chi connectivity index (χ0) is 17.7. The number of hydrogen-bond donors (Lipinski definition) is 2. The van der Waals surface area contributed by atoms with Gasteiger partial charge in [-0.05, 0) is 40.2 Å². The Morgan fingerprint density at radius 2 is 2.21 bits per heavy atom. The summed E-state index contributed by atoms with van der Waals surface area (Å²) in [5.74, 6) is 0.0321. The fourth-order valence-electron chi connectivity index (χ4n) is 2.74. The van der Waals surface area contributed by atoms with Gasteiger partial charge < -0.3 is 20.1 Å². The summed E-state index contributed by atoms with van der Waals surface area (Å²) in [6.07, 6.45) is 3.82. The van der Waals surface area contributed by atoms with Crippen molar-refractivity contribution < 1.29 is 14.6 Å². The second-order valence-corrected chi connectivity index (χ2v) is 7.58. The predicted molar refractivity (Wildman–Crippen MR) is 91.6 cm³/mol. The number of carbonyl (C=O) groups is 1. The number of carbonyl (C=O) groups excluding carboxylic acids is 1. The fourth-order valence-corrected chi connectivity index (χ4v) is 2.74. The Kier molecular flexibility index (Phi) is 6.23. The van der Waals surface area contributed by atoms with Crippen LogP contribution in [0.4, 0.5) is 4.79 Å². The van der Waals surface area contributed by atoms with Crippen molar-refractivity contribution in [3.05, 3.63) is 18.5 Å². The number of aromatic nitrogens is 2. The number of aliphatic hydroxyl groups is 1. The lowest BCUT2D eigenvalue weighted by Crippen LogP contribution is -2.37. The number of nitrogens with one attached hydrogen (secondary N) is 1. The summed E-state index contributed by atoms with van der Waals surface area (Å²) < 4.78 is 7.28.